The second kappa shape index (κ2) is 6.21. The van der Waals surface area contributed by atoms with Crippen LogP contribution in [0.4, 0.5) is 18.9 Å². The van der Waals surface area contributed by atoms with Crippen LogP contribution in [0.25, 0.3) is 0 Å². The molecule has 2 rings (SSSR count). The van der Waals surface area contributed by atoms with E-state index in [2.05, 4.69) is 10.1 Å². The summed E-state index contributed by atoms with van der Waals surface area (Å²) in [4.78, 5) is 10.7. The Bertz CT molecular complexity index is 489. The minimum absolute atomic E-state index is 0.225. The molecule has 0 bridgehead atoms. The van der Waals surface area contributed by atoms with Gasteiger partial charge in [-0.3, -0.25) is 0 Å². The van der Waals surface area contributed by atoms with Gasteiger partial charge in [-0.05, 0) is 37.1 Å². The van der Waals surface area contributed by atoms with Gasteiger partial charge in [0.05, 0.1) is 6.10 Å². The zero-order valence-corrected chi connectivity index (χ0v) is 10.9. The van der Waals surface area contributed by atoms with Crippen LogP contribution in [0.5, 0.6) is 5.75 Å². The first-order valence-electron chi connectivity index (χ1n) is 6.31. The second-order valence-corrected chi connectivity index (χ2v) is 4.62. The lowest BCUT2D eigenvalue weighted by molar-refractivity contribution is -0.274. The van der Waals surface area contributed by atoms with Crippen molar-refractivity contribution in [2.75, 3.05) is 11.9 Å². The fourth-order valence-electron chi connectivity index (χ4n) is 2.04. The third kappa shape index (κ3) is 4.82. The average Bonchev–Trinajstić information content (AvgIpc) is 2.85. The Morgan fingerprint density at radius 2 is 2.00 bits per heavy atom. The lowest BCUT2D eigenvalue weighted by atomic mass is 10.2. The molecule has 1 aliphatic rings. The standard InChI is InChI=1S/C13H14F3NO4/c14-13(15,16)21-9-3-1-8(2-4-9)17-7-10-5-6-11(20-10)12(18)19/h1-4,10-11,17H,5-7H2,(H,18,19). The van der Waals surface area contributed by atoms with Crippen molar-refractivity contribution < 1.29 is 32.5 Å². The van der Waals surface area contributed by atoms with Gasteiger partial charge in [-0.1, -0.05) is 0 Å². The molecule has 1 saturated heterocycles. The number of carbonyl (C=O) groups is 1. The Labute approximate surface area is 118 Å². The van der Waals surface area contributed by atoms with Gasteiger partial charge in [-0.25, -0.2) is 4.79 Å². The summed E-state index contributed by atoms with van der Waals surface area (Å²) in [7, 11) is 0. The van der Waals surface area contributed by atoms with Gasteiger partial charge in [0.15, 0.2) is 6.10 Å². The van der Waals surface area contributed by atoms with E-state index in [1.807, 2.05) is 0 Å². The van der Waals surface area contributed by atoms with Crippen molar-refractivity contribution in [2.45, 2.75) is 31.4 Å². The molecule has 0 radical (unpaired) electrons. The van der Waals surface area contributed by atoms with Crippen LogP contribution in [0.1, 0.15) is 12.8 Å². The monoisotopic (exact) mass is 305 g/mol. The second-order valence-electron chi connectivity index (χ2n) is 4.62. The summed E-state index contributed by atoms with van der Waals surface area (Å²) < 4.78 is 45.0. The molecule has 8 heteroatoms. The number of rotatable bonds is 5. The largest absolute Gasteiger partial charge is 0.573 e. The van der Waals surface area contributed by atoms with Crippen LogP contribution in [0.3, 0.4) is 0 Å². The summed E-state index contributed by atoms with van der Waals surface area (Å²) in [6, 6.07) is 5.30. The topological polar surface area (TPSA) is 67.8 Å². The van der Waals surface area contributed by atoms with E-state index in [-0.39, 0.29) is 11.9 Å². The maximum absolute atomic E-state index is 12.0. The zero-order chi connectivity index (χ0) is 15.5. The Morgan fingerprint density at radius 1 is 1.33 bits per heavy atom. The van der Waals surface area contributed by atoms with E-state index in [4.69, 9.17) is 9.84 Å². The van der Waals surface area contributed by atoms with E-state index in [1.165, 1.54) is 24.3 Å². The molecule has 0 amide bonds. The van der Waals surface area contributed by atoms with Crippen molar-refractivity contribution >= 4 is 11.7 Å². The molecule has 2 atom stereocenters. The van der Waals surface area contributed by atoms with Gasteiger partial charge >= 0.3 is 12.3 Å². The highest BCUT2D eigenvalue weighted by atomic mass is 19.4. The third-order valence-corrected chi connectivity index (χ3v) is 3.00. The van der Waals surface area contributed by atoms with E-state index in [0.717, 1.165) is 0 Å². The molecule has 1 aliphatic heterocycles. The van der Waals surface area contributed by atoms with Crippen LogP contribution >= 0.6 is 0 Å². The summed E-state index contributed by atoms with van der Waals surface area (Å²) in [6.45, 7) is 0.392. The molecule has 1 aromatic carbocycles. The molecule has 0 spiro atoms. The third-order valence-electron chi connectivity index (χ3n) is 3.00. The molecule has 1 heterocycles. The van der Waals surface area contributed by atoms with Crippen molar-refractivity contribution in [1.29, 1.82) is 0 Å². The highest BCUT2D eigenvalue weighted by Gasteiger charge is 2.31. The number of carboxylic acid groups (broad SMARTS) is 1. The van der Waals surface area contributed by atoms with E-state index < -0.39 is 18.4 Å². The first-order chi connectivity index (χ1) is 9.83. The number of hydrogen-bond acceptors (Lipinski definition) is 4. The lowest BCUT2D eigenvalue weighted by Crippen LogP contribution is -2.24. The molecule has 21 heavy (non-hydrogen) atoms. The summed E-state index contributed by atoms with van der Waals surface area (Å²) in [6.07, 6.45) is -4.63. The normalized spacial score (nSPS) is 22.0. The molecule has 0 saturated carbocycles. The first kappa shape index (κ1) is 15.4. The van der Waals surface area contributed by atoms with Crippen molar-refractivity contribution in [2.24, 2.45) is 0 Å². The quantitative estimate of drug-likeness (QED) is 0.875. The Kier molecular flexibility index (Phi) is 4.56. The SMILES string of the molecule is O=C(O)C1CCC(CNc2ccc(OC(F)(F)F)cc2)O1. The number of carboxylic acids is 1. The molecule has 0 aliphatic carbocycles. The van der Waals surface area contributed by atoms with Crippen LogP contribution < -0.4 is 10.1 Å². The molecule has 0 aromatic heterocycles. The van der Waals surface area contributed by atoms with Crippen LogP contribution in [-0.2, 0) is 9.53 Å². The van der Waals surface area contributed by atoms with Crippen LogP contribution in [-0.4, -0.2) is 36.2 Å². The minimum Gasteiger partial charge on any atom is -0.479 e. The molecule has 1 aromatic rings. The van der Waals surface area contributed by atoms with Crippen LogP contribution in [0.2, 0.25) is 0 Å². The van der Waals surface area contributed by atoms with E-state index in [1.54, 1.807) is 0 Å². The molecule has 1 fully saturated rings. The molecular formula is C13H14F3NO4. The maximum Gasteiger partial charge on any atom is 0.573 e. The average molecular weight is 305 g/mol. The van der Waals surface area contributed by atoms with E-state index in [9.17, 15) is 18.0 Å². The van der Waals surface area contributed by atoms with Gasteiger partial charge in [0, 0.05) is 12.2 Å². The fraction of sp³-hybridized carbons (Fsp3) is 0.462. The van der Waals surface area contributed by atoms with Gasteiger partial charge in [-0.15, -0.1) is 13.2 Å². The van der Waals surface area contributed by atoms with Crippen LogP contribution in [0, 0.1) is 0 Å². The van der Waals surface area contributed by atoms with Gasteiger partial charge in [0.2, 0.25) is 0 Å². The molecule has 2 unspecified atom stereocenters. The number of hydrogen-bond donors (Lipinski definition) is 2. The highest BCUT2D eigenvalue weighted by molar-refractivity contribution is 5.72. The van der Waals surface area contributed by atoms with Crippen LogP contribution in [0.15, 0.2) is 24.3 Å². The van der Waals surface area contributed by atoms with Crippen molar-refractivity contribution in [3.8, 4) is 5.75 Å². The number of halogens is 3. The lowest BCUT2D eigenvalue weighted by Gasteiger charge is -2.14. The minimum atomic E-state index is -4.71. The van der Waals surface area contributed by atoms with Crippen molar-refractivity contribution in [3.05, 3.63) is 24.3 Å². The van der Waals surface area contributed by atoms with Gasteiger partial charge in [0.1, 0.15) is 5.75 Å². The Balaban J connectivity index is 1.80. The van der Waals surface area contributed by atoms with Gasteiger partial charge in [-0.2, -0.15) is 0 Å². The van der Waals surface area contributed by atoms with Gasteiger partial charge in [0.25, 0.3) is 0 Å². The molecule has 2 N–H and O–H groups in total. The zero-order valence-electron chi connectivity index (χ0n) is 10.9. The molecule has 116 valence electrons. The van der Waals surface area contributed by atoms with Crippen molar-refractivity contribution in [1.82, 2.24) is 0 Å². The summed E-state index contributed by atoms with van der Waals surface area (Å²) in [5.41, 5.74) is 0.604. The summed E-state index contributed by atoms with van der Waals surface area (Å²) in [5, 5.41) is 11.8. The fourth-order valence-corrected chi connectivity index (χ4v) is 2.04. The maximum atomic E-state index is 12.0. The highest BCUT2D eigenvalue weighted by Crippen LogP contribution is 2.24. The number of benzene rings is 1. The number of alkyl halides is 3. The predicted octanol–water partition coefficient (Wildman–Crippen LogP) is 2.63. The van der Waals surface area contributed by atoms with Gasteiger partial charge < -0.3 is 19.9 Å². The first-order valence-corrected chi connectivity index (χ1v) is 6.31. The Morgan fingerprint density at radius 3 is 2.52 bits per heavy atom. The van der Waals surface area contributed by atoms with E-state index >= 15 is 0 Å². The summed E-state index contributed by atoms with van der Waals surface area (Å²) >= 11 is 0. The number of nitrogens with one attached hydrogen (secondary N) is 1. The van der Waals surface area contributed by atoms with Crippen molar-refractivity contribution in [3.63, 3.8) is 0 Å². The number of ether oxygens (including phenoxy) is 2. The smallest absolute Gasteiger partial charge is 0.479 e. The summed E-state index contributed by atoms with van der Waals surface area (Å²) in [5.74, 6) is -1.28. The van der Waals surface area contributed by atoms with E-state index in [0.29, 0.717) is 25.1 Å². The molecular weight excluding hydrogens is 291 g/mol. The Hall–Kier alpha value is -1.96. The molecule has 5 nitrogen and oxygen atoms in total. The number of aliphatic carboxylic acids is 1. The number of anilines is 1. The predicted molar refractivity (Wildman–Crippen MR) is 67.1 cm³/mol.